The monoisotopic (exact) mass is 400 g/mol. The number of ether oxygens (including phenoxy) is 2. The number of carbonyl (C=O) groups is 4. The number of esters is 4. The first-order valence-corrected chi connectivity index (χ1v) is 9.66. The molecule has 0 amide bonds. The molecular formula is C18H28N2O8. The lowest BCUT2D eigenvalue weighted by atomic mass is 10.1. The summed E-state index contributed by atoms with van der Waals surface area (Å²) in [5, 5.41) is 19.5. The van der Waals surface area contributed by atoms with Gasteiger partial charge in [-0.15, -0.1) is 0 Å². The van der Waals surface area contributed by atoms with Gasteiger partial charge in [-0.1, -0.05) is 12.8 Å². The van der Waals surface area contributed by atoms with E-state index in [0.29, 0.717) is 26.2 Å². The third kappa shape index (κ3) is 7.27. The normalized spacial score (nSPS) is 20.8. The van der Waals surface area contributed by atoms with E-state index < -0.39 is 36.1 Å². The van der Waals surface area contributed by atoms with Crippen LogP contribution in [0.1, 0.15) is 38.5 Å². The molecule has 0 radical (unpaired) electrons. The lowest BCUT2D eigenvalue weighted by molar-refractivity contribution is -0.181. The predicted molar refractivity (Wildman–Crippen MR) is 94.8 cm³/mol. The van der Waals surface area contributed by atoms with Crippen molar-refractivity contribution in [1.29, 1.82) is 0 Å². The summed E-state index contributed by atoms with van der Waals surface area (Å²) in [5.41, 5.74) is 0. The molecule has 2 aliphatic heterocycles. The minimum Gasteiger partial charge on any atom is -0.390 e. The van der Waals surface area contributed by atoms with E-state index in [0.717, 1.165) is 38.5 Å². The van der Waals surface area contributed by atoms with Gasteiger partial charge in [0.2, 0.25) is 0 Å². The fourth-order valence-corrected chi connectivity index (χ4v) is 3.27. The maximum Gasteiger partial charge on any atom is 0.346 e. The first kappa shape index (κ1) is 22.4. The number of hydrogen-bond acceptors (Lipinski definition) is 10. The molecule has 0 aromatic rings. The fourth-order valence-electron chi connectivity index (χ4n) is 3.27. The van der Waals surface area contributed by atoms with Gasteiger partial charge in [0.1, 0.15) is 0 Å². The Morgan fingerprint density at radius 3 is 1.29 bits per heavy atom. The molecule has 2 saturated heterocycles. The molecule has 0 saturated carbocycles. The van der Waals surface area contributed by atoms with Crippen LogP contribution in [0.15, 0.2) is 0 Å². The van der Waals surface area contributed by atoms with Gasteiger partial charge in [0.25, 0.3) is 0 Å². The number of piperidine rings is 2. The second kappa shape index (κ2) is 11.2. The maximum absolute atomic E-state index is 11.8. The number of likely N-dealkylation sites (tertiary alicyclic amines) is 2. The SMILES string of the molecule is O=C(CN1CCCCC1)OC(=O)C(O)C(O)C(=O)OC(=O)CN1CCCCC1. The number of aliphatic hydroxyl groups is 2. The average molecular weight is 400 g/mol. The summed E-state index contributed by atoms with van der Waals surface area (Å²) in [5.74, 6) is -4.69. The van der Waals surface area contributed by atoms with Gasteiger partial charge in [-0.25, -0.2) is 9.59 Å². The molecule has 0 aromatic carbocycles. The van der Waals surface area contributed by atoms with Crippen molar-refractivity contribution in [2.75, 3.05) is 39.3 Å². The molecular weight excluding hydrogens is 372 g/mol. The van der Waals surface area contributed by atoms with E-state index in [2.05, 4.69) is 9.47 Å². The summed E-state index contributed by atoms with van der Waals surface area (Å²) in [6, 6.07) is 0. The Kier molecular flexibility index (Phi) is 8.97. The molecule has 10 heteroatoms. The van der Waals surface area contributed by atoms with Crippen molar-refractivity contribution < 1.29 is 38.9 Å². The Morgan fingerprint density at radius 2 is 0.964 bits per heavy atom. The van der Waals surface area contributed by atoms with E-state index in [1.807, 2.05) is 9.80 Å². The molecule has 2 atom stereocenters. The average Bonchev–Trinajstić information content (AvgIpc) is 2.68. The Balaban J connectivity index is 1.73. The van der Waals surface area contributed by atoms with Crippen molar-refractivity contribution in [1.82, 2.24) is 9.80 Å². The molecule has 0 aliphatic carbocycles. The van der Waals surface area contributed by atoms with Crippen molar-refractivity contribution >= 4 is 23.9 Å². The first-order valence-electron chi connectivity index (χ1n) is 9.66. The lowest BCUT2D eigenvalue weighted by Gasteiger charge is -2.25. The number of rotatable bonds is 7. The summed E-state index contributed by atoms with van der Waals surface area (Å²) in [4.78, 5) is 50.7. The van der Waals surface area contributed by atoms with Crippen molar-refractivity contribution in [3.63, 3.8) is 0 Å². The van der Waals surface area contributed by atoms with Gasteiger partial charge in [-0.05, 0) is 51.9 Å². The lowest BCUT2D eigenvalue weighted by Crippen LogP contribution is -2.45. The highest BCUT2D eigenvalue weighted by Gasteiger charge is 2.35. The third-order valence-electron chi connectivity index (χ3n) is 4.81. The summed E-state index contributed by atoms with van der Waals surface area (Å²) >= 11 is 0. The van der Waals surface area contributed by atoms with Crippen LogP contribution in [0.4, 0.5) is 0 Å². The molecule has 2 heterocycles. The molecule has 2 fully saturated rings. The zero-order chi connectivity index (χ0) is 20.5. The fraction of sp³-hybridized carbons (Fsp3) is 0.778. The van der Waals surface area contributed by atoms with Crippen LogP contribution in [0.5, 0.6) is 0 Å². The summed E-state index contributed by atoms with van der Waals surface area (Å²) < 4.78 is 8.96. The number of hydrogen-bond donors (Lipinski definition) is 2. The van der Waals surface area contributed by atoms with Crippen LogP contribution in [0.25, 0.3) is 0 Å². The van der Waals surface area contributed by atoms with Gasteiger partial charge in [-0.2, -0.15) is 0 Å². The van der Waals surface area contributed by atoms with E-state index in [9.17, 15) is 29.4 Å². The Morgan fingerprint density at radius 1 is 0.643 bits per heavy atom. The topological polar surface area (TPSA) is 134 Å². The standard InChI is InChI=1S/C18H28N2O8/c21-13(11-19-7-3-1-4-8-19)27-17(25)15(23)16(24)18(26)28-14(22)12-20-9-5-2-6-10-20/h15-16,23-24H,1-12H2. The second-order valence-electron chi connectivity index (χ2n) is 7.15. The Bertz CT molecular complexity index is 520. The maximum atomic E-state index is 11.8. The zero-order valence-corrected chi connectivity index (χ0v) is 15.9. The van der Waals surface area contributed by atoms with E-state index in [1.54, 1.807) is 0 Å². The van der Waals surface area contributed by atoms with E-state index in [-0.39, 0.29) is 13.1 Å². The quantitative estimate of drug-likeness (QED) is 0.397. The van der Waals surface area contributed by atoms with Crippen LogP contribution in [0.2, 0.25) is 0 Å². The van der Waals surface area contributed by atoms with Gasteiger partial charge in [-0.3, -0.25) is 19.4 Å². The van der Waals surface area contributed by atoms with E-state index in [1.165, 1.54) is 0 Å². The highest BCUT2D eigenvalue weighted by molar-refractivity contribution is 5.95. The number of carbonyl (C=O) groups excluding carboxylic acids is 4. The molecule has 158 valence electrons. The van der Waals surface area contributed by atoms with Gasteiger partial charge in [0, 0.05) is 0 Å². The van der Waals surface area contributed by atoms with Gasteiger partial charge < -0.3 is 19.7 Å². The molecule has 2 N–H and O–H groups in total. The zero-order valence-electron chi connectivity index (χ0n) is 15.9. The van der Waals surface area contributed by atoms with Gasteiger partial charge in [0.15, 0.2) is 12.2 Å². The third-order valence-corrected chi connectivity index (χ3v) is 4.81. The summed E-state index contributed by atoms with van der Waals surface area (Å²) in [6.07, 6.45) is 1.29. The molecule has 10 nitrogen and oxygen atoms in total. The minimum atomic E-state index is -2.32. The molecule has 0 aromatic heterocycles. The van der Waals surface area contributed by atoms with Crippen LogP contribution in [-0.2, 0) is 28.7 Å². The van der Waals surface area contributed by atoms with Crippen molar-refractivity contribution in [3.8, 4) is 0 Å². The van der Waals surface area contributed by atoms with Crippen LogP contribution >= 0.6 is 0 Å². The predicted octanol–water partition coefficient (Wildman–Crippen LogP) is -1.18. The van der Waals surface area contributed by atoms with Gasteiger partial charge >= 0.3 is 23.9 Å². The van der Waals surface area contributed by atoms with E-state index in [4.69, 9.17) is 0 Å². The number of aliphatic hydroxyl groups excluding tert-OH is 2. The van der Waals surface area contributed by atoms with Crippen LogP contribution in [0, 0.1) is 0 Å². The highest BCUT2D eigenvalue weighted by atomic mass is 16.6. The van der Waals surface area contributed by atoms with Crippen LogP contribution < -0.4 is 0 Å². The highest BCUT2D eigenvalue weighted by Crippen LogP contribution is 2.10. The molecule has 0 bridgehead atoms. The largest absolute Gasteiger partial charge is 0.390 e. The minimum absolute atomic E-state index is 0.118. The van der Waals surface area contributed by atoms with E-state index >= 15 is 0 Å². The molecule has 2 rings (SSSR count). The molecule has 2 unspecified atom stereocenters. The Labute approximate surface area is 163 Å². The van der Waals surface area contributed by atoms with Crippen LogP contribution in [-0.4, -0.2) is 95.4 Å². The molecule has 28 heavy (non-hydrogen) atoms. The van der Waals surface area contributed by atoms with Crippen molar-refractivity contribution in [3.05, 3.63) is 0 Å². The second-order valence-corrected chi connectivity index (χ2v) is 7.15. The van der Waals surface area contributed by atoms with Crippen molar-refractivity contribution in [2.45, 2.75) is 50.7 Å². The van der Waals surface area contributed by atoms with Crippen LogP contribution in [0.3, 0.4) is 0 Å². The summed E-state index contributed by atoms with van der Waals surface area (Å²) in [6.45, 7) is 2.60. The van der Waals surface area contributed by atoms with Gasteiger partial charge in [0.05, 0.1) is 13.1 Å². The molecule has 0 spiro atoms. The summed E-state index contributed by atoms with van der Waals surface area (Å²) in [7, 11) is 0. The Hall–Kier alpha value is -1.88. The molecule has 2 aliphatic rings. The smallest absolute Gasteiger partial charge is 0.346 e. The first-order chi connectivity index (χ1) is 13.4. The van der Waals surface area contributed by atoms with Crippen molar-refractivity contribution in [2.24, 2.45) is 0 Å². The number of nitrogens with zero attached hydrogens (tertiary/aromatic N) is 2.